The lowest BCUT2D eigenvalue weighted by Crippen LogP contribution is -2.25. The van der Waals surface area contributed by atoms with Crippen LogP contribution in [0.4, 0.5) is 4.39 Å². The lowest BCUT2D eigenvalue weighted by Gasteiger charge is -2.19. The van der Waals surface area contributed by atoms with Crippen LogP contribution in [-0.4, -0.2) is 16.7 Å². The molecule has 0 saturated heterocycles. The van der Waals surface area contributed by atoms with E-state index in [9.17, 15) is 4.79 Å². The topological polar surface area (TPSA) is 44.1 Å². The normalized spacial score (nSPS) is 11.2. The molecule has 0 amide bonds. The Labute approximate surface area is 139 Å². The predicted octanol–water partition coefficient (Wildman–Crippen LogP) is 3.97. The zero-order valence-electron chi connectivity index (χ0n) is 14.1. The minimum Gasteiger partial charge on any atom is -0.479 e. The van der Waals surface area contributed by atoms with Gasteiger partial charge in [0, 0.05) is 17.1 Å². The summed E-state index contributed by atoms with van der Waals surface area (Å²) in [5.41, 5.74) is 1.15. The number of methoxy groups -OCH3 is 1. The van der Waals surface area contributed by atoms with E-state index in [4.69, 9.17) is 4.74 Å². The van der Waals surface area contributed by atoms with Gasteiger partial charge in [-0.3, -0.25) is 4.79 Å². The first-order valence-corrected chi connectivity index (χ1v) is 7.80. The highest BCUT2D eigenvalue weighted by molar-refractivity contribution is 5.85. The van der Waals surface area contributed by atoms with Crippen molar-refractivity contribution in [2.45, 2.75) is 26.7 Å². The van der Waals surface area contributed by atoms with Crippen LogP contribution in [0.1, 0.15) is 30.9 Å². The molecule has 3 aromatic rings. The molecule has 5 heteroatoms. The molecule has 0 spiro atoms. The summed E-state index contributed by atoms with van der Waals surface area (Å²) < 4.78 is 21.7. The maximum absolute atomic E-state index is 15.4. The van der Waals surface area contributed by atoms with E-state index in [1.807, 2.05) is 19.9 Å². The van der Waals surface area contributed by atoms with E-state index < -0.39 is 11.5 Å². The SMILES string of the molecule is COc1nccc(C)c1-n1c(F)c(C(C)C)c2ccccc2c1=O. The van der Waals surface area contributed by atoms with Crippen molar-refractivity contribution in [1.82, 2.24) is 9.55 Å². The predicted molar refractivity (Wildman–Crippen MR) is 92.7 cm³/mol. The molecule has 0 radical (unpaired) electrons. The number of benzene rings is 1. The molecule has 0 atom stereocenters. The highest BCUT2D eigenvalue weighted by Gasteiger charge is 2.23. The van der Waals surface area contributed by atoms with Crippen LogP contribution in [-0.2, 0) is 0 Å². The van der Waals surface area contributed by atoms with Crippen molar-refractivity contribution in [3.05, 3.63) is 64.0 Å². The van der Waals surface area contributed by atoms with Crippen LogP contribution < -0.4 is 10.3 Å². The number of nitrogens with zero attached hydrogens (tertiary/aromatic N) is 2. The smallest absolute Gasteiger partial charge is 0.265 e. The average Bonchev–Trinajstić information content (AvgIpc) is 2.56. The van der Waals surface area contributed by atoms with Gasteiger partial charge in [-0.25, -0.2) is 9.55 Å². The van der Waals surface area contributed by atoms with Crippen LogP contribution in [0.3, 0.4) is 0 Å². The van der Waals surface area contributed by atoms with Crippen LogP contribution in [0.25, 0.3) is 16.5 Å². The quantitative estimate of drug-likeness (QED) is 0.684. The fourth-order valence-corrected chi connectivity index (χ4v) is 3.04. The first kappa shape index (κ1) is 16.2. The molecule has 0 fully saturated rings. The number of hydrogen-bond donors (Lipinski definition) is 0. The molecule has 0 aliphatic carbocycles. The molecular formula is C19H19FN2O2. The van der Waals surface area contributed by atoms with Crippen LogP contribution >= 0.6 is 0 Å². The zero-order valence-corrected chi connectivity index (χ0v) is 14.1. The molecule has 24 heavy (non-hydrogen) atoms. The van der Waals surface area contributed by atoms with Crippen molar-refractivity contribution in [3.63, 3.8) is 0 Å². The Hall–Kier alpha value is -2.69. The summed E-state index contributed by atoms with van der Waals surface area (Å²) in [5, 5.41) is 1.12. The number of hydrogen-bond acceptors (Lipinski definition) is 3. The zero-order chi connectivity index (χ0) is 17.4. The van der Waals surface area contributed by atoms with Gasteiger partial charge in [-0.2, -0.15) is 4.39 Å². The van der Waals surface area contributed by atoms with E-state index in [-0.39, 0.29) is 11.8 Å². The average molecular weight is 326 g/mol. The fourth-order valence-electron chi connectivity index (χ4n) is 3.04. The van der Waals surface area contributed by atoms with Crippen molar-refractivity contribution in [3.8, 4) is 11.6 Å². The second-order valence-electron chi connectivity index (χ2n) is 6.03. The van der Waals surface area contributed by atoms with Gasteiger partial charge in [0.2, 0.25) is 11.8 Å². The molecule has 0 aliphatic heterocycles. The molecule has 0 saturated carbocycles. The summed E-state index contributed by atoms with van der Waals surface area (Å²) in [6.07, 6.45) is 1.57. The number of rotatable bonds is 3. The van der Waals surface area contributed by atoms with Crippen LogP contribution in [0.5, 0.6) is 5.88 Å². The number of fused-ring (bicyclic) bond motifs is 1. The van der Waals surface area contributed by atoms with E-state index in [1.165, 1.54) is 7.11 Å². The highest BCUT2D eigenvalue weighted by Crippen LogP contribution is 2.30. The molecule has 0 aliphatic rings. The molecule has 0 bridgehead atoms. The maximum atomic E-state index is 15.4. The summed E-state index contributed by atoms with van der Waals surface area (Å²) in [6, 6.07) is 8.83. The third-order valence-corrected chi connectivity index (χ3v) is 4.16. The number of halogens is 1. The first-order chi connectivity index (χ1) is 11.5. The van der Waals surface area contributed by atoms with Gasteiger partial charge < -0.3 is 4.74 Å². The lowest BCUT2D eigenvalue weighted by molar-refractivity contribution is 0.392. The Morgan fingerprint density at radius 2 is 1.83 bits per heavy atom. The molecule has 1 aromatic carbocycles. The van der Waals surface area contributed by atoms with Crippen LogP contribution in [0, 0.1) is 12.9 Å². The molecule has 124 valence electrons. The summed E-state index contributed by atoms with van der Waals surface area (Å²) >= 11 is 0. The van der Waals surface area contributed by atoms with Gasteiger partial charge in [0.25, 0.3) is 5.56 Å². The lowest BCUT2D eigenvalue weighted by atomic mass is 9.97. The third kappa shape index (κ3) is 2.37. The minimum atomic E-state index is -0.567. The molecule has 2 heterocycles. The number of aromatic nitrogens is 2. The van der Waals surface area contributed by atoms with Gasteiger partial charge in [0.05, 0.1) is 7.11 Å². The van der Waals surface area contributed by atoms with Crippen molar-refractivity contribution in [2.24, 2.45) is 0 Å². The van der Waals surface area contributed by atoms with E-state index in [0.29, 0.717) is 27.6 Å². The third-order valence-electron chi connectivity index (χ3n) is 4.16. The summed E-state index contributed by atoms with van der Waals surface area (Å²) in [7, 11) is 1.46. The Kier molecular flexibility index (Phi) is 4.09. The monoisotopic (exact) mass is 326 g/mol. The molecule has 0 N–H and O–H groups in total. The Balaban J connectivity index is 2.54. The summed E-state index contributed by atoms with van der Waals surface area (Å²) in [6.45, 7) is 5.62. The number of ether oxygens (including phenoxy) is 1. The highest BCUT2D eigenvalue weighted by atomic mass is 19.1. The molecule has 4 nitrogen and oxygen atoms in total. The van der Waals surface area contributed by atoms with Gasteiger partial charge in [-0.1, -0.05) is 32.0 Å². The van der Waals surface area contributed by atoms with Gasteiger partial charge in [-0.05, 0) is 35.9 Å². The van der Waals surface area contributed by atoms with Gasteiger partial charge >= 0.3 is 0 Å². The standard InChI is InChI=1S/C19H19FN2O2/c1-11(2)15-13-7-5-6-8-14(13)19(23)22(17(15)20)16-12(3)9-10-21-18(16)24-4/h5-11H,1-4H3. The van der Waals surface area contributed by atoms with E-state index in [1.54, 1.807) is 37.4 Å². The minimum absolute atomic E-state index is 0.0790. The maximum Gasteiger partial charge on any atom is 0.265 e. The van der Waals surface area contributed by atoms with Gasteiger partial charge in [-0.15, -0.1) is 0 Å². The summed E-state index contributed by atoms with van der Waals surface area (Å²) in [5.74, 6) is -0.422. The Morgan fingerprint density at radius 3 is 2.46 bits per heavy atom. The van der Waals surface area contributed by atoms with E-state index in [2.05, 4.69) is 4.98 Å². The fraction of sp³-hybridized carbons (Fsp3) is 0.263. The van der Waals surface area contributed by atoms with Crippen LogP contribution in [0.15, 0.2) is 41.3 Å². The van der Waals surface area contributed by atoms with Crippen molar-refractivity contribution in [1.29, 1.82) is 0 Å². The molecule has 3 rings (SSSR count). The number of aryl methyl sites for hydroxylation is 1. The van der Waals surface area contributed by atoms with Crippen molar-refractivity contribution in [2.75, 3.05) is 7.11 Å². The van der Waals surface area contributed by atoms with Gasteiger partial charge in [0.15, 0.2) is 0 Å². The van der Waals surface area contributed by atoms with Crippen molar-refractivity contribution < 1.29 is 9.13 Å². The van der Waals surface area contributed by atoms with Gasteiger partial charge in [0.1, 0.15) is 5.69 Å². The largest absolute Gasteiger partial charge is 0.479 e. The first-order valence-electron chi connectivity index (χ1n) is 7.80. The molecule has 0 unspecified atom stereocenters. The number of pyridine rings is 2. The van der Waals surface area contributed by atoms with E-state index >= 15 is 4.39 Å². The second-order valence-corrected chi connectivity index (χ2v) is 6.03. The van der Waals surface area contributed by atoms with Crippen molar-refractivity contribution >= 4 is 10.8 Å². The molecule has 2 aromatic heterocycles. The summed E-state index contributed by atoms with van der Waals surface area (Å²) in [4.78, 5) is 17.1. The van der Waals surface area contributed by atoms with Crippen LogP contribution in [0.2, 0.25) is 0 Å². The molecular weight excluding hydrogens is 307 g/mol. The Bertz CT molecular complexity index is 977. The Morgan fingerprint density at radius 1 is 1.17 bits per heavy atom. The second kappa shape index (κ2) is 6.07. The van der Waals surface area contributed by atoms with E-state index in [0.717, 1.165) is 4.57 Å².